The van der Waals surface area contributed by atoms with Gasteiger partial charge >= 0.3 is 0 Å². The van der Waals surface area contributed by atoms with E-state index in [0.29, 0.717) is 5.82 Å². The Morgan fingerprint density at radius 2 is 1.83 bits per heavy atom. The Kier molecular flexibility index (Phi) is 3.21. The monoisotopic (exact) mass is 295 g/mol. The minimum atomic E-state index is 0.687. The van der Waals surface area contributed by atoms with Crippen molar-refractivity contribution in [2.75, 3.05) is 0 Å². The van der Waals surface area contributed by atoms with E-state index in [2.05, 4.69) is 33.6 Å². The van der Waals surface area contributed by atoms with Gasteiger partial charge in [-0.2, -0.15) is 0 Å². The van der Waals surface area contributed by atoms with Crippen molar-refractivity contribution < 1.29 is 0 Å². The standard InChI is InChI=1S/C20H13N3/c1-14-13-19(15-7-3-2-4-8-15)23-20(22-14)17-9-5-11-18-16(17)10-6-12-21-18/h2-4,6-10,12-13H,1H3. The van der Waals surface area contributed by atoms with Crippen LogP contribution in [0.15, 0.2) is 66.5 Å². The first-order chi connectivity index (χ1) is 11.3. The number of nitrogens with zero attached hydrogens (tertiary/aromatic N) is 3. The minimum Gasteiger partial charge on any atom is -0.247 e. The molecule has 0 saturated carbocycles. The van der Waals surface area contributed by atoms with Crippen LogP contribution in [0.2, 0.25) is 0 Å². The third-order valence-corrected chi connectivity index (χ3v) is 3.67. The van der Waals surface area contributed by atoms with Gasteiger partial charge < -0.3 is 0 Å². The Morgan fingerprint density at radius 3 is 2.70 bits per heavy atom. The Hall–Kier alpha value is -3.25. The number of pyridine rings is 1. The molecular weight excluding hydrogens is 282 g/mol. The molecule has 2 aromatic heterocycles. The maximum atomic E-state index is 4.75. The van der Waals surface area contributed by atoms with Gasteiger partial charge in [-0.05, 0) is 30.9 Å². The molecule has 3 heteroatoms. The van der Waals surface area contributed by atoms with Crippen molar-refractivity contribution in [3.8, 4) is 11.3 Å². The van der Waals surface area contributed by atoms with Crippen molar-refractivity contribution in [1.82, 2.24) is 15.0 Å². The molecule has 0 aliphatic heterocycles. The molecule has 0 saturated heterocycles. The van der Waals surface area contributed by atoms with E-state index in [0.717, 1.165) is 33.1 Å². The van der Waals surface area contributed by atoms with Crippen molar-refractivity contribution in [1.29, 1.82) is 0 Å². The lowest BCUT2D eigenvalue weighted by Gasteiger charge is -2.07. The summed E-state index contributed by atoms with van der Waals surface area (Å²) in [5, 5.41) is 1.76. The van der Waals surface area contributed by atoms with Crippen LogP contribution in [0, 0.1) is 6.92 Å². The van der Waals surface area contributed by atoms with Gasteiger partial charge in [-0.15, -0.1) is 0 Å². The highest BCUT2D eigenvalue weighted by Crippen LogP contribution is 2.19. The molecule has 0 unspecified atom stereocenters. The van der Waals surface area contributed by atoms with Crippen LogP contribution in [0.4, 0.5) is 0 Å². The SMILES string of the molecule is Cc1cc(-c2ccccc2)nc(C2=c3cccnc3=C=C=C2)n1. The van der Waals surface area contributed by atoms with Crippen LogP contribution in [0.1, 0.15) is 11.5 Å². The number of benzene rings is 1. The van der Waals surface area contributed by atoms with Gasteiger partial charge in [0.1, 0.15) is 5.35 Å². The largest absolute Gasteiger partial charge is 0.247 e. The van der Waals surface area contributed by atoms with Crippen molar-refractivity contribution in [3.05, 3.63) is 88.6 Å². The van der Waals surface area contributed by atoms with Crippen LogP contribution in [0.3, 0.4) is 0 Å². The fourth-order valence-corrected chi connectivity index (χ4v) is 2.61. The minimum absolute atomic E-state index is 0.687. The van der Waals surface area contributed by atoms with E-state index in [4.69, 9.17) is 4.98 Å². The van der Waals surface area contributed by atoms with Crippen molar-refractivity contribution in [2.24, 2.45) is 0 Å². The third kappa shape index (κ3) is 2.51. The normalized spacial score (nSPS) is 12.0. The zero-order valence-corrected chi connectivity index (χ0v) is 12.6. The van der Waals surface area contributed by atoms with Gasteiger partial charge in [0, 0.05) is 34.3 Å². The summed E-state index contributed by atoms with van der Waals surface area (Å²) in [5.41, 5.74) is 9.89. The highest BCUT2D eigenvalue weighted by Gasteiger charge is 2.10. The van der Waals surface area contributed by atoms with Crippen molar-refractivity contribution in [3.63, 3.8) is 0 Å². The fraction of sp³-hybridized carbons (Fsp3) is 0.0500. The first kappa shape index (κ1) is 13.4. The van der Waals surface area contributed by atoms with Crippen molar-refractivity contribution in [2.45, 2.75) is 6.92 Å². The van der Waals surface area contributed by atoms with Gasteiger partial charge in [0.15, 0.2) is 5.82 Å². The topological polar surface area (TPSA) is 38.7 Å². The number of rotatable bonds is 2. The molecule has 4 rings (SSSR count). The molecule has 2 heterocycles. The molecule has 0 fully saturated rings. The summed E-state index contributed by atoms with van der Waals surface area (Å²) in [6.07, 6.45) is 3.62. The number of hydrogen-bond donors (Lipinski definition) is 0. The van der Waals surface area contributed by atoms with Gasteiger partial charge in [0.05, 0.1) is 5.69 Å². The highest BCUT2D eigenvalue weighted by atomic mass is 14.9. The molecule has 1 aliphatic carbocycles. The zero-order valence-electron chi connectivity index (χ0n) is 12.6. The van der Waals surface area contributed by atoms with E-state index in [1.807, 2.05) is 49.4 Å². The maximum Gasteiger partial charge on any atom is 0.161 e. The van der Waals surface area contributed by atoms with Gasteiger partial charge in [0.2, 0.25) is 0 Å². The zero-order chi connectivity index (χ0) is 15.6. The quantitative estimate of drug-likeness (QED) is 0.680. The summed E-state index contributed by atoms with van der Waals surface area (Å²) in [5.74, 6) is 0.687. The van der Waals surface area contributed by atoms with E-state index in [-0.39, 0.29) is 0 Å². The molecule has 108 valence electrons. The third-order valence-electron chi connectivity index (χ3n) is 3.67. The molecule has 1 aromatic carbocycles. The number of fused-ring (bicyclic) bond motifs is 1. The molecule has 0 bridgehead atoms. The highest BCUT2D eigenvalue weighted by molar-refractivity contribution is 5.72. The molecule has 0 atom stereocenters. The van der Waals surface area contributed by atoms with Crippen LogP contribution in [-0.4, -0.2) is 15.0 Å². The predicted molar refractivity (Wildman–Crippen MR) is 89.7 cm³/mol. The van der Waals surface area contributed by atoms with Crippen LogP contribution >= 0.6 is 0 Å². The molecule has 0 N–H and O–H groups in total. The van der Waals surface area contributed by atoms with E-state index in [1.54, 1.807) is 6.20 Å². The van der Waals surface area contributed by atoms with Gasteiger partial charge in [-0.3, -0.25) is 0 Å². The van der Waals surface area contributed by atoms with E-state index in [9.17, 15) is 0 Å². The molecular formula is C20H13N3. The van der Waals surface area contributed by atoms with Gasteiger partial charge in [-0.25, -0.2) is 15.0 Å². The van der Waals surface area contributed by atoms with E-state index in [1.165, 1.54) is 0 Å². The first-order valence-electron chi connectivity index (χ1n) is 7.40. The average Bonchev–Trinajstić information content (AvgIpc) is 2.61. The number of aromatic nitrogens is 3. The van der Waals surface area contributed by atoms with E-state index >= 15 is 0 Å². The average molecular weight is 295 g/mol. The summed E-state index contributed by atoms with van der Waals surface area (Å²) < 4.78 is 0. The Balaban J connectivity index is 1.98. The molecule has 3 aromatic rings. The number of allylic oxidation sites excluding steroid dienone is 1. The summed E-state index contributed by atoms with van der Waals surface area (Å²) in [4.78, 5) is 13.7. The van der Waals surface area contributed by atoms with Crippen LogP contribution in [-0.2, 0) is 0 Å². The van der Waals surface area contributed by atoms with Crippen LogP contribution in [0.25, 0.3) is 22.6 Å². The number of hydrogen-bond acceptors (Lipinski definition) is 3. The Labute approximate surface area is 133 Å². The lowest BCUT2D eigenvalue weighted by atomic mass is 10.1. The van der Waals surface area contributed by atoms with E-state index < -0.39 is 0 Å². The molecule has 0 spiro atoms. The van der Waals surface area contributed by atoms with Crippen molar-refractivity contribution >= 4 is 11.3 Å². The molecule has 0 amide bonds. The van der Waals surface area contributed by atoms with Crippen LogP contribution < -0.4 is 10.6 Å². The summed E-state index contributed by atoms with van der Waals surface area (Å²) in [6.45, 7) is 1.98. The fourth-order valence-electron chi connectivity index (χ4n) is 2.61. The number of aryl methyl sites for hydroxylation is 1. The molecule has 0 radical (unpaired) electrons. The molecule has 23 heavy (non-hydrogen) atoms. The second kappa shape index (κ2) is 5.51. The predicted octanol–water partition coefficient (Wildman–Crippen LogP) is 2.15. The Bertz CT molecular complexity index is 1090. The summed E-state index contributed by atoms with van der Waals surface area (Å²) >= 11 is 0. The molecule has 1 aliphatic rings. The second-order valence-electron chi connectivity index (χ2n) is 5.31. The summed E-state index contributed by atoms with van der Waals surface area (Å²) in [7, 11) is 0. The Morgan fingerprint density at radius 1 is 0.957 bits per heavy atom. The summed E-state index contributed by atoms with van der Waals surface area (Å²) in [6, 6.07) is 16.0. The van der Waals surface area contributed by atoms with Gasteiger partial charge in [0.25, 0.3) is 0 Å². The lowest BCUT2D eigenvalue weighted by molar-refractivity contribution is 1.06. The van der Waals surface area contributed by atoms with Gasteiger partial charge in [-0.1, -0.05) is 36.1 Å². The lowest BCUT2D eigenvalue weighted by Crippen LogP contribution is -2.30. The van der Waals surface area contributed by atoms with Crippen LogP contribution in [0.5, 0.6) is 0 Å². The molecule has 3 nitrogen and oxygen atoms in total. The maximum absolute atomic E-state index is 4.75. The smallest absolute Gasteiger partial charge is 0.161 e. The second-order valence-corrected chi connectivity index (χ2v) is 5.31. The first-order valence-corrected chi connectivity index (χ1v) is 7.40.